The van der Waals surface area contributed by atoms with Gasteiger partial charge in [-0.25, -0.2) is 4.79 Å². The standard InChI is InChI=1S/C14H14N2O9S/c1-14(7-24-13(18)25-8-14)12(17)23-4-5-26-11-3-2-9(15(19)20)6-10(11)16(21)22/h2-3,6H,4-5,7-8H2,1H3. The van der Waals surface area contributed by atoms with E-state index >= 15 is 0 Å². The first-order valence-corrected chi connectivity index (χ1v) is 8.24. The summed E-state index contributed by atoms with van der Waals surface area (Å²) in [7, 11) is 0. The van der Waals surface area contributed by atoms with Crippen molar-refractivity contribution in [1.29, 1.82) is 0 Å². The number of nitrogens with zero attached hydrogens (tertiary/aromatic N) is 2. The molecule has 12 heteroatoms. The van der Waals surface area contributed by atoms with E-state index < -0.39 is 33.1 Å². The molecule has 1 fully saturated rings. The fourth-order valence-electron chi connectivity index (χ4n) is 1.98. The van der Waals surface area contributed by atoms with E-state index in [4.69, 9.17) is 4.74 Å². The third kappa shape index (κ3) is 4.59. The lowest BCUT2D eigenvalue weighted by atomic mass is 9.93. The van der Waals surface area contributed by atoms with Gasteiger partial charge in [-0.05, 0) is 13.0 Å². The van der Waals surface area contributed by atoms with E-state index in [0.29, 0.717) is 0 Å². The number of thioether (sulfide) groups is 1. The number of carbonyl (C=O) groups excluding carboxylic acids is 2. The largest absolute Gasteiger partial charge is 0.508 e. The van der Waals surface area contributed by atoms with Crippen LogP contribution in [0.3, 0.4) is 0 Å². The van der Waals surface area contributed by atoms with E-state index in [9.17, 15) is 29.8 Å². The highest BCUT2D eigenvalue weighted by molar-refractivity contribution is 7.99. The molecule has 140 valence electrons. The predicted molar refractivity (Wildman–Crippen MR) is 86.8 cm³/mol. The molecule has 1 saturated heterocycles. The summed E-state index contributed by atoms with van der Waals surface area (Å²) in [5.41, 5.74) is -1.89. The van der Waals surface area contributed by atoms with Crippen molar-refractivity contribution in [3.8, 4) is 0 Å². The Bertz CT molecular complexity index is 742. The number of benzene rings is 1. The molecule has 0 atom stereocenters. The Morgan fingerprint density at radius 1 is 1.27 bits per heavy atom. The van der Waals surface area contributed by atoms with Crippen LogP contribution in [0.2, 0.25) is 0 Å². The highest BCUT2D eigenvalue weighted by Gasteiger charge is 2.41. The second-order valence-electron chi connectivity index (χ2n) is 5.54. The van der Waals surface area contributed by atoms with Gasteiger partial charge in [0.1, 0.15) is 25.2 Å². The average molecular weight is 386 g/mol. The van der Waals surface area contributed by atoms with Crippen LogP contribution in [0.4, 0.5) is 16.2 Å². The highest BCUT2D eigenvalue weighted by atomic mass is 32.2. The number of rotatable bonds is 7. The third-order valence-corrected chi connectivity index (χ3v) is 4.46. The maximum absolute atomic E-state index is 12.0. The second kappa shape index (κ2) is 7.99. The number of nitro groups is 2. The molecule has 0 bridgehead atoms. The molecule has 26 heavy (non-hydrogen) atoms. The summed E-state index contributed by atoms with van der Waals surface area (Å²) in [5.74, 6) is -0.426. The fourth-order valence-corrected chi connectivity index (χ4v) is 2.81. The van der Waals surface area contributed by atoms with E-state index in [0.717, 1.165) is 23.9 Å². The minimum atomic E-state index is -1.11. The number of hydrogen-bond acceptors (Lipinski definition) is 10. The Morgan fingerprint density at radius 3 is 2.50 bits per heavy atom. The Hall–Kier alpha value is -2.89. The summed E-state index contributed by atoms with van der Waals surface area (Å²) in [6.45, 7) is 1.15. The quantitative estimate of drug-likeness (QED) is 0.225. The Labute approximate surface area is 150 Å². The van der Waals surface area contributed by atoms with Crippen molar-refractivity contribution >= 4 is 35.3 Å². The number of cyclic esters (lactones) is 2. The molecule has 0 unspecified atom stereocenters. The molecular formula is C14H14N2O9S. The Balaban J connectivity index is 1.90. The number of ether oxygens (including phenoxy) is 3. The molecule has 0 spiro atoms. The van der Waals surface area contributed by atoms with Crippen LogP contribution in [0.15, 0.2) is 23.1 Å². The van der Waals surface area contributed by atoms with Crippen molar-refractivity contribution in [2.24, 2.45) is 5.41 Å². The van der Waals surface area contributed by atoms with Gasteiger partial charge in [-0.3, -0.25) is 25.0 Å². The Kier molecular flexibility index (Phi) is 5.97. The topological polar surface area (TPSA) is 148 Å². The van der Waals surface area contributed by atoms with Crippen molar-refractivity contribution in [3.05, 3.63) is 38.4 Å². The minimum absolute atomic E-state index is 0.0544. The van der Waals surface area contributed by atoms with Crippen LogP contribution in [-0.2, 0) is 19.0 Å². The van der Waals surface area contributed by atoms with Gasteiger partial charge in [-0.1, -0.05) is 0 Å². The lowest BCUT2D eigenvalue weighted by Crippen LogP contribution is -2.44. The van der Waals surface area contributed by atoms with Crippen molar-refractivity contribution < 1.29 is 33.6 Å². The predicted octanol–water partition coefficient (Wildman–Crippen LogP) is 2.31. The average Bonchev–Trinajstić information content (AvgIpc) is 2.60. The van der Waals surface area contributed by atoms with Gasteiger partial charge in [0.2, 0.25) is 0 Å². The third-order valence-electron chi connectivity index (χ3n) is 3.43. The van der Waals surface area contributed by atoms with Gasteiger partial charge in [-0.15, -0.1) is 11.8 Å². The number of non-ortho nitro benzene ring substituents is 1. The summed E-state index contributed by atoms with van der Waals surface area (Å²) >= 11 is 1.03. The molecule has 0 amide bonds. The second-order valence-corrected chi connectivity index (χ2v) is 6.68. The first kappa shape index (κ1) is 19.4. The van der Waals surface area contributed by atoms with Crippen LogP contribution in [-0.4, -0.2) is 47.5 Å². The number of carbonyl (C=O) groups is 2. The Morgan fingerprint density at radius 2 is 1.92 bits per heavy atom. The molecule has 1 heterocycles. The maximum atomic E-state index is 12.0. The molecular weight excluding hydrogens is 372 g/mol. The van der Waals surface area contributed by atoms with Crippen LogP contribution in [0.25, 0.3) is 0 Å². The van der Waals surface area contributed by atoms with Gasteiger partial charge in [0.05, 0.1) is 20.8 Å². The molecule has 0 aromatic heterocycles. The molecule has 2 rings (SSSR count). The van der Waals surface area contributed by atoms with Crippen molar-refractivity contribution in [1.82, 2.24) is 0 Å². The zero-order chi connectivity index (χ0) is 19.3. The van der Waals surface area contributed by atoms with Gasteiger partial charge in [0, 0.05) is 11.8 Å². The molecule has 1 aromatic carbocycles. The molecule has 11 nitrogen and oxygen atoms in total. The SMILES string of the molecule is CC1(C(=O)OCCSc2ccc([N+](=O)[O-])cc2[N+](=O)[O-])COC(=O)OC1. The molecule has 1 aromatic rings. The van der Waals surface area contributed by atoms with E-state index in [1.807, 2.05) is 0 Å². The van der Waals surface area contributed by atoms with Crippen LogP contribution in [0.5, 0.6) is 0 Å². The first-order valence-electron chi connectivity index (χ1n) is 7.25. The van der Waals surface area contributed by atoms with Gasteiger partial charge in [0.25, 0.3) is 11.4 Å². The normalized spacial score (nSPS) is 15.5. The zero-order valence-corrected chi connectivity index (χ0v) is 14.4. The summed E-state index contributed by atoms with van der Waals surface area (Å²) in [6, 6.07) is 3.32. The van der Waals surface area contributed by atoms with E-state index in [-0.39, 0.29) is 36.2 Å². The minimum Gasteiger partial charge on any atom is -0.464 e. The van der Waals surface area contributed by atoms with Crippen molar-refractivity contribution in [2.45, 2.75) is 11.8 Å². The van der Waals surface area contributed by atoms with Gasteiger partial charge in [0.15, 0.2) is 0 Å². The molecule has 1 aliphatic rings. The van der Waals surface area contributed by atoms with Crippen LogP contribution in [0, 0.1) is 25.6 Å². The molecule has 0 radical (unpaired) electrons. The van der Waals surface area contributed by atoms with Crippen molar-refractivity contribution in [2.75, 3.05) is 25.6 Å². The first-order chi connectivity index (χ1) is 12.2. The molecule has 1 aliphatic heterocycles. The summed E-state index contributed by atoms with van der Waals surface area (Å²) < 4.78 is 14.4. The lowest BCUT2D eigenvalue weighted by molar-refractivity contribution is -0.396. The van der Waals surface area contributed by atoms with E-state index in [1.54, 1.807) is 0 Å². The number of esters is 1. The lowest BCUT2D eigenvalue weighted by Gasteiger charge is -2.29. The molecule has 0 N–H and O–H groups in total. The van der Waals surface area contributed by atoms with E-state index in [2.05, 4.69) is 9.47 Å². The smallest absolute Gasteiger partial charge is 0.464 e. The number of nitro benzene ring substituents is 2. The number of hydrogen-bond donors (Lipinski definition) is 0. The molecule has 0 saturated carbocycles. The van der Waals surface area contributed by atoms with E-state index in [1.165, 1.54) is 13.0 Å². The fraction of sp³-hybridized carbons (Fsp3) is 0.429. The van der Waals surface area contributed by atoms with Gasteiger partial charge in [-0.2, -0.15) is 0 Å². The zero-order valence-electron chi connectivity index (χ0n) is 13.5. The van der Waals surface area contributed by atoms with Gasteiger partial charge < -0.3 is 14.2 Å². The summed E-state index contributed by atoms with van der Waals surface area (Å²) in [5, 5.41) is 21.7. The monoisotopic (exact) mass is 386 g/mol. The van der Waals surface area contributed by atoms with Gasteiger partial charge >= 0.3 is 12.1 Å². The highest BCUT2D eigenvalue weighted by Crippen LogP contribution is 2.32. The van der Waals surface area contributed by atoms with Crippen molar-refractivity contribution in [3.63, 3.8) is 0 Å². The van der Waals surface area contributed by atoms with Crippen LogP contribution < -0.4 is 0 Å². The summed E-state index contributed by atoms with van der Waals surface area (Å²) in [6.07, 6.45) is -0.851. The maximum Gasteiger partial charge on any atom is 0.508 e. The van der Waals surface area contributed by atoms with Crippen LogP contribution in [0.1, 0.15) is 6.92 Å². The summed E-state index contributed by atoms with van der Waals surface area (Å²) in [4.78, 5) is 43.4. The molecule has 0 aliphatic carbocycles. The van der Waals surface area contributed by atoms with Crippen LogP contribution >= 0.6 is 11.8 Å².